The molecule has 0 spiro atoms. The smallest absolute Gasteiger partial charge is 0.124 e. The highest BCUT2D eigenvalue weighted by atomic mass is 79.9. The number of nitrogens with one attached hydrogen (secondary N) is 1. The van der Waals surface area contributed by atoms with Gasteiger partial charge in [-0.15, -0.1) is 0 Å². The Morgan fingerprint density at radius 1 is 0.889 bits per heavy atom. The lowest BCUT2D eigenvalue weighted by Gasteiger charge is -2.07. The molecule has 0 unspecified atom stereocenters. The maximum Gasteiger partial charge on any atom is 0.124 e. The molecule has 1 nitrogen and oxygen atoms in total. The van der Waals surface area contributed by atoms with Crippen LogP contribution in [0.3, 0.4) is 0 Å². The molecule has 0 bridgehead atoms. The average molecular weight is 312 g/mol. The Balaban J connectivity index is 1.90. The maximum atomic E-state index is 12.9. The molecule has 0 heterocycles. The van der Waals surface area contributed by atoms with Gasteiger partial charge in [0.25, 0.3) is 0 Å². The molecular formula is C14H12BrF2N. The van der Waals surface area contributed by atoms with E-state index in [1.165, 1.54) is 24.3 Å². The number of hydrogen-bond acceptors (Lipinski definition) is 1. The highest BCUT2D eigenvalue weighted by Crippen LogP contribution is 2.17. The Hall–Kier alpha value is -1.26. The summed E-state index contributed by atoms with van der Waals surface area (Å²) in [6, 6.07) is 10.9. The fraction of sp³-hybridized carbons (Fsp3) is 0.143. The van der Waals surface area contributed by atoms with E-state index in [0.29, 0.717) is 13.1 Å². The van der Waals surface area contributed by atoms with Gasteiger partial charge in [-0.1, -0.05) is 34.1 Å². The third-order valence-electron chi connectivity index (χ3n) is 2.57. The summed E-state index contributed by atoms with van der Waals surface area (Å²) in [5.41, 5.74) is 1.99. The van der Waals surface area contributed by atoms with E-state index in [0.717, 1.165) is 15.6 Å². The van der Waals surface area contributed by atoms with Crippen molar-refractivity contribution in [3.05, 3.63) is 69.7 Å². The van der Waals surface area contributed by atoms with Gasteiger partial charge in [-0.05, 0) is 35.4 Å². The lowest BCUT2D eigenvalue weighted by atomic mass is 10.2. The topological polar surface area (TPSA) is 12.0 Å². The lowest BCUT2D eigenvalue weighted by molar-refractivity contribution is 0.622. The molecule has 0 saturated carbocycles. The van der Waals surface area contributed by atoms with Crippen molar-refractivity contribution in [2.24, 2.45) is 0 Å². The molecule has 18 heavy (non-hydrogen) atoms. The quantitative estimate of drug-likeness (QED) is 0.899. The van der Waals surface area contributed by atoms with Crippen molar-refractivity contribution in [3.63, 3.8) is 0 Å². The van der Waals surface area contributed by atoms with Crippen molar-refractivity contribution in [1.29, 1.82) is 0 Å². The van der Waals surface area contributed by atoms with E-state index in [4.69, 9.17) is 0 Å². The van der Waals surface area contributed by atoms with Gasteiger partial charge in [0, 0.05) is 17.6 Å². The van der Waals surface area contributed by atoms with E-state index < -0.39 is 0 Å². The van der Waals surface area contributed by atoms with Crippen molar-refractivity contribution < 1.29 is 8.78 Å². The number of hydrogen-bond donors (Lipinski definition) is 1. The van der Waals surface area contributed by atoms with Crippen LogP contribution < -0.4 is 5.32 Å². The number of benzene rings is 2. The highest BCUT2D eigenvalue weighted by molar-refractivity contribution is 9.10. The zero-order valence-corrected chi connectivity index (χ0v) is 11.2. The number of halogens is 3. The Labute approximate surface area is 113 Å². The zero-order chi connectivity index (χ0) is 13.0. The Kier molecular flexibility index (Phi) is 4.44. The minimum absolute atomic E-state index is 0.236. The van der Waals surface area contributed by atoms with E-state index in [2.05, 4.69) is 21.2 Å². The molecule has 0 aliphatic rings. The summed E-state index contributed by atoms with van der Waals surface area (Å²) >= 11 is 3.31. The van der Waals surface area contributed by atoms with E-state index in [1.54, 1.807) is 18.2 Å². The standard InChI is InChI=1S/C14H12BrF2N/c15-14-7-13(17)6-3-11(14)9-18-8-10-1-4-12(16)5-2-10/h1-7,18H,8-9H2. The Morgan fingerprint density at radius 3 is 2.22 bits per heavy atom. The van der Waals surface area contributed by atoms with Crippen molar-refractivity contribution in [1.82, 2.24) is 5.32 Å². The molecule has 0 aliphatic heterocycles. The molecule has 0 saturated heterocycles. The third-order valence-corrected chi connectivity index (χ3v) is 3.31. The van der Waals surface area contributed by atoms with Crippen LogP contribution >= 0.6 is 15.9 Å². The van der Waals surface area contributed by atoms with Crippen LogP contribution in [-0.2, 0) is 13.1 Å². The first-order valence-electron chi connectivity index (χ1n) is 5.54. The second-order valence-electron chi connectivity index (χ2n) is 3.97. The van der Waals surface area contributed by atoms with E-state index in [-0.39, 0.29) is 11.6 Å². The van der Waals surface area contributed by atoms with Gasteiger partial charge in [-0.2, -0.15) is 0 Å². The van der Waals surface area contributed by atoms with Crippen molar-refractivity contribution in [2.45, 2.75) is 13.1 Å². The van der Waals surface area contributed by atoms with Gasteiger partial charge in [-0.3, -0.25) is 0 Å². The summed E-state index contributed by atoms with van der Waals surface area (Å²) in [6.45, 7) is 1.27. The molecule has 4 heteroatoms. The lowest BCUT2D eigenvalue weighted by Crippen LogP contribution is -2.13. The first-order valence-corrected chi connectivity index (χ1v) is 6.33. The second-order valence-corrected chi connectivity index (χ2v) is 4.82. The molecule has 2 rings (SSSR count). The normalized spacial score (nSPS) is 10.6. The van der Waals surface area contributed by atoms with Crippen LogP contribution in [-0.4, -0.2) is 0 Å². The third kappa shape index (κ3) is 3.62. The highest BCUT2D eigenvalue weighted by Gasteiger charge is 2.01. The van der Waals surface area contributed by atoms with Crippen LogP contribution in [0.1, 0.15) is 11.1 Å². The summed E-state index contributed by atoms with van der Waals surface area (Å²) in [7, 11) is 0. The molecule has 2 aromatic rings. The molecule has 2 aromatic carbocycles. The summed E-state index contributed by atoms with van der Waals surface area (Å²) < 4.78 is 26.3. The van der Waals surface area contributed by atoms with E-state index in [1.807, 2.05) is 0 Å². The van der Waals surface area contributed by atoms with E-state index >= 15 is 0 Å². The minimum atomic E-state index is -0.260. The molecule has 0 aromatic heterocycles. The van der Waals surface area contributed by atoms with Crippen molar-refractivity contribution in [3.8, 4) is 0 Å². The monoisotopic (exact) mass is 311 g/mol. The van der Waals surface area contributed by atoms with E-state index in [9.17, 15) is 8.78 Å². The Morgan fingerprint density at radius 2 is 1.56 bits per heavy atom. The van der Waals surface area contributed by atoms with Gasteiger partial charge in [0.1, 0.15) is 11.6 Å². The first-order chi connectivity index (χ1) is 8.65. The summed E-state index contributed by atoms with van der Waals surface area (Å²) in [5.74, 6) is -0.496. The Bertz CT molecular complexity index is 526. The predicted molar refractivity (Wildman–Crippen MR) is 71.0 cm³/mol. The molecule has 1 N–H and O–H groups in total. The van der Waals surface area contributed by atoms with Gasteiger partial charge in [0.2, 0.25) is 0 Å². The first kappa shape index (κ1) is 13.2. The molecule has 0 aliphatic carbocycles. The van der Waals surface area contributed by atoms with Gasteiger partial charge in [-0.25, -0.2) is 8.78 Å². The average Bonchev–Trinajstić information content (AvgIpc) is 2.34. The van der Waals surface area contributed by atoms with Crippen molar-refractivity contribution in [2.75, 3.05) is 0 Å². The minimum Gasteiger partial charge on any atom is -0.309 e. The molecule has 0 amide bonds. The van der Waals surface area contributed by atoms with Crippen LogP contribution in [0.5, 0.6) is 0 Å². The SMILES string of the molecule is Fc1ccc(CNCc2ccc(F)cc2Br)cc1. The van der Waals surface area contributed by atoms with Crippen molar-refractivity contribution >= 4 is 15.9 Å². The van der Waals surface area contributed by atoms with Crippen LogP contribution in [0.2, 0.25) is 0 Å². The molecule has 0 radical (unpaired) electrons. The van der Waals surface area contributed by atoms with Gasteiger partial charge < -0.3 is 5.32 Å². The van der Waals surface area contributed by atoms with Crippen LogP contribution in [0.25, 0.3) is 0 Å². The maximum absolute atomic E-state index is 12.9. The number of rotatable bonds is 4. The molecule has 0 fully saturated rings. The van der Waals surface area contributed by atoms with Crippen LogP contribution in [0.15, 0.2) is 46.9 Å². The molecular weight excluding hydrogens is 300 g/mol. The van der Waals surface area contributed by atoms with Gasteiger partial charge in [0.05, 0.1) is 0 Å². The summed E-state index contributed by atoms with van der Waals surface area (Å²) in [5, 5.41) is 3.22. The summed E-state index contributed by atoms with van der Waals surface area (Å²) in [4.78, 5) is 0. The fourth-order valence-electron chi connectivity index (χ4n) is 1.61. The van der Waals surface area contributed by atoms with Crippen LogP contribution in [0, 0.1) is 11.6 Å². The van der Waals surface area contributed by atoms with Gasteiger partial charge >= 0.3 is 0 Å². The molecule has 0 atom stereocenters. The molecule has 94 valence electrons. The predicted octanol–water partition coefficient (Wildman–Crippen LogP) is 4.02. The van der Waals surface area contributed by atoms with Crippen LogP contribution in [0.4, 0.5) is 8.78 Å². The van der Waals surface area contributed by atoms with Gasteiger partial charge in [0.15, 0.2) is 0 Å². The largest absolute Gasteiger partial charge is 0.309 e. The fourth-order valence-corrected chi connectivity index (χ4v) is 2.10. The summed E-state index contributed by atoms with van der Waals surface area (Å²) in [6.07, 6.45) is 0. The zero-order valence-electron chi connectivity index (χ0n) is 9.59. The second kappa shape index (κ2) is 6.07.